The molecule has 0 fully saturated rings. The van der Waals surface area contributed by atoms with Gasteiger partial charge in [0, 0.05) is 0 Å². The molecular formula is C23H37FO2Sn. The van der Waals surface area contributed by atoms with Crippen molar-refractivity contribution in [2.75, 3.05) is 6.61 Å². The number of esters is 1. The Bertz CT molecular complexity index is 559. The maximum atomic E-state index is 13.3. The summed E-state index contributed by atoms with van der Waals surface area (Å²) in [5, 5.41) is 0. The average Bonchev–Trinajstić information content (AvgIpc) is 2.67. The van der Waals surface area contributed by atoms with Gasteiger partial charge in [0.2, 0.25) is 0 Å². The van der Waals surface area contributed by atoms with Crippen LogP contribution in [0.25, 0.3) is 6.08 Å². The first-order valence-corrected chi connectivity index (χ1v) is 18.2. The summed E-state index contributed by atoms with van der Waals surface area (Å²) in [6, 6.07) is 6.47. The summed E-state index contributed by atoms with van der Waals surface area (Å²) in [4.78, 5) is 13.0. The number of halogens is 1. The Kier molecular flexibility index (Phi) is 12.0. The molecular weight excluding hydrogens is 446 g/mol. The fourth-order valence-electron chi connectivity index (χ4n) is 3.69. The Hall–Kier alpha value is -0.841. The first-order valence-electron chi connectivity index (χ1n) is 10.7. The van der Waals surface area contributed by atoms with Gasteiger partial charge in [0.1, 0.15) is 0 Å². The second-order valence-electron chi connectivity index (χ2n) is 7.42. The molecule has 0 amide bonds. The van der Waals surface area contributed by atoms with Crippen LogP contribution in [-0.4, -0.2) is 31.0 Å². The maximum absolute atomic E-state index is 13.3. The standard InChI is InChI=1S/C11H10FO2.3C4H9.Sn/c1-2-14-11(13)8-5-9-3-6-10(12)7-4-9;3*1-3-4-2;/h3-7H,2H2,1H3;3*1,3-4H2,2H3;. The van der Waals surface area contributed by atoms with E-state index in [1.54, 1.807) is 12.1 Å². The van der Waals surface area contributed by atoms with Crippen molar-refractivity contribution >= 4 is 30.4 Å². The normalized spacial score (nSPS) is 12.3. The van der Waals surface area contributed by atoms with Crippen molar-refractivity contribution in [1.82, 2.24) is 0 Å². The Morgan fingerprint density at radius 3 is 1.81 bits per heavy atom. The quantitative estimate of drug-likeness (QED) is 0.169. The third-order valence-corrected chi connectivity index (χ3v) is 20.8. The fraction of sp³-hybridized carbons (Fsp3) is 0.609. The van der Waals surface area contributed by atoms with Crippen molar-refractivity contribution in [3.05, 3.63) is 39.2 Å². The summed E-state index contributed by atoms with van der Waals surface area (Å²) < 4.78 is 23.5. The van der Waals surface area contributed by atoms with Crippen molar-refractivity contribution in [3.8, 4) is 0 Å². The van der Waals surface area contributed by atoms with Gasteiger partial charge in [0.15, 0.2) is 0 Å². The van der Waals surface area contributed by atoms with Gasteiger partial charge in [-0.05, 0) is 0 Å². The van der Waals surface area contributed by atoms with Crippen LogP contribution < -0.4 is 0 Å². The first kappa shape index (κ1) is 24.2. The van der Waals surface area contributed by atoms with E-state index < -0.39 is 18.4 Å². The number of unbranched alkanes of at least 4 members (excludes halogenated alkanes) is 3. The van der Waals surface area contributed by atoms with Crippen LogP contribution in [0.2, 0.25) is 13.3 Å². The van der Waals surface area contributed by atoms with Gasteiger partial charge in [0.05, 0.1) is 0 Å². The van der Waals surface area contributed by atoms with Crippen LogP contribution in [0, 0.1) is 5.82 Å². The molecule has 1 aromatic rings. The number of carbonyl (C=O) groups is 1. The predicted molar refractivity (Wildman–Crippen MR) is 116 cm³/mol. The molecule has 0 aliphatic carbocycles. The summed E-state index contributed by atoms with van der Waals surface area (Å²) in [7, 11) is 0. The van der Waals surface area contributed by atoms with Crippen molar-refractivity contribution in [2.24, 2.45) is 0 Å². The Labute approximate surface area is 169 Å². The molecule has 0 saturated heterocycles. The third-order valence-electron chi connectivity index (χ3n) is 5.27. The van der Waals surface area contributed by atoms with E-state index in [-0.39, 0.29) is 11.8 Å². The Morgan fingerprint density at radius 1 is 0.926 bits per heavy atom. The van der Waals surface area contributed by atoms with Crippen molar-refractivity contribution in [1.29, 1.82) is 0 Å². The number of hydrogen-bond donors (Lipinski definition) is 0. The summed E-state index contributed by atoms with van der Waals surface area (Å²) in [6.45, 7) is 8.95. The van der Waals surface area contributed by atoms with Crippen LogP contribution in [0.1, 0.15) is 71.8 Å². The third kappa shape index (κ3) is 7.97. The average molecular weight is 483 g/mol. The number of rotatable bonds is 13. The van der Waals surface area contributed by atoms with Crippen LogP contribution in [0.5, 0.6) is 0 Å². The molecule has 4 heteroatoms. The van der Waals surface area contributed by atoms with Crippen LogP contribution in [-0.2, 0) is 9.53 Å². The summed E-state index contributed by atoms with van der Waals surface area (Å²) in [5.41, 5.74) is 0.907. The van der Waals surface area contributed by atoms with E-state index in [4.69, 9.17) is 4.74 Å². The molecule has 0 atom stereocenters. The molecule has 2 nitrogen and oxygen atoms in total. The molecule has 0 spiro atoms. The van der Waals surface area contributed by atoms with Gasteiger partial charge in [-0.1, -0.05) is 0 Å². The fourth-order valence-corrected chi connectivity index (χ4v) is 19.7. The minimum atomic E-state index is -2.93. The molecule has 0 N–H and O–H groups in total. The van der Waals surface area contributed by atoms with Gasteiger partial charge < -0.3 is 0 Å². The van der Waals surface area contributed by atoms with Gasteiger partial charge in [-0.3, -0.25) is 0 Å². The first-order chi connectivity index (χ1) is 13.0. The number of hydrogen-bond acceptors (Lipinski definition) is 2. The van der Waals surface area contributed by atoms with E-state index in [9.17, 15) is 9.18 Å². The molecule has 0 aliphatic rings. The molecule has 0 unspecified atom stereocenters. The zero-order chi connectivity index (χ0) is 20.1. The molecule has 0 heterocycles. The Balaban J connectivity index is 3.43. The predicted octanol–water partition coefficient (Wildman–Crippen LogP) is 7.16. The molecule has 0 saturated carbocycles. The molecule has 0 aliphatic heterocycles. The molecule has 0 radical (unpaired) electrons. The molecule has 1 rings (SSSR count). The van der Waals surface area contributed by atoms with Crippen LogP contribution in [0.4, 0.5) is 4.39 Å². The topological polar surface area (TPSA) is 26.3 Å². The van der Waals surface area contributed by atoms with Gasteiger partial charge >= 0.3 is 170 Å². The van der Waals surface area contributed by atoms with Crippen molar-refractivity contribution in [2.45, 2.75) is 79.5 Å². The van der Waals surface area contributed by atoms with Crippen molar-refractivity contribution in [3.63, 3.8) is 0 Å². The second-order valence-corrected chi connectivity index (χ2v) is 20.5. The van der Waals surface area contributed by atoms with E-state index in [1.165, 1.54) is 44.7 Å². The Morgan fingerprint density at radius 2 is 1.41 bits per heavy atom. The van der Waals surface area contributed by atoms with Crippen LogP contribution in [0.15, 0.2) is 27.9 Å². The zero-order valence-electron chi connectivity index (χ0n) is 17.7. The molecule has 0 bridgehead atoms. The molecule has 1 aromatic carbocycles. The van der Waals surface area contributed by atoms with Gasteiger partial charge in [-0.2, -0.15) is 0 Å². The number of ether oxygens (including phenoxy) is 1. The van der Waals surface area contributed by atoms with E-state index >= 15 is 0 Å². The summed E-state index contributed by atoms with van der Waals surface area (Å²) in [6.07, 6.45) is 9.06. The minimum absolute atomic E-state index is 0.124. The van der Waals surface area contributed by atoms with Gasteiger partial charge in [-0.15, -0.1) is 0 Å². The summed E-state index contributed by atoms with van der Waals surface area (Å²) >= 11 is -2.93. The van der Waals surface area contributed by atoms with E-state index in [2.05, 4.69) is 20.8 Å². The summed E-state index contributed by atoms with van der Waals surface area (Å²) in [5.74, 6) is -0.372. The molecule has 27 heavy (non-hydrogen) atoms. The zero-order valence-corrected chi connectivity index (χ0v) is 20.5. The molecule has 152 valence electrons. The monoisotopic (exact) mass is 484 g/mol. The van der Waals surface area contributed by atoms with Crippen LogP contribution in [0.3, 0.4) is 0 Å². The van der Waals surface area contributed by atoms with E-state index in [0.717, 1.165) is 28.4 Å². The number of carbonyl (C=O) groups excluding carboxylic acids is 1. The van der Waals surface area contributed by atoms with Gasteiger partial charge in [0.25, 0.3) is 0 Å². The second kappa shape index (κ2) is 13.4. The van der Waals surface area contributed by atoms with Gasteiger partial charge in [-0.25, -0.2) is 0 Å². The number of benzene rings is 1. The van der Waals surface area contributed by atoms with E-state index in [0.29, 0.717) is 6.61 Å². The van der Waals surface area contributed by atoms with E-state index in [1.807, 2.05) is 13.0 Å². The SMILES string of the molecule is CCC[CH2][Sn]([CH2]CCC)([CH2]CCC)/[C](=C\c1ccc(F)cc1)C(=O)OCC. The van der Waals surface area contributed by atoms with Crippen LogP contribution >= 0.6 is 0 Å². The molecule has 0 aromatic heterocycles. The van der Waals surface area contributed by atoms with Crippen molar-refractivity contribution < 1.29 is 13.9 Å².